The molecule has 5 heteroatoms. The monoisotopic (exact) mass is 343 g/mol. The molecule has 0 spiro atoms. The van der Waals surface area contributed by atoms with Gasteiger partial charge in [0.15, 0.2) is 0 Å². The molecule has 0 heterocycles. The summed E-state index contributed by atoms with van der Waals surface area (Å²) < 4.78 is 0. The van der Waals surface area contributed by atoms with Crippen molar-refractivity contribution in [3.8, 4) is 0 Å². The minimum atomic E-state index is 0.00689. The molecule has 0 aromatic heterocycles. The van der Waals surface area contributed by atoms with Crippen molar-refractivity contribution in [1.29, 1.82) is 0 Å². The SMILES string of the molecule is CCC(=O)Nc1ccc(N(C)C)c(CN(CC2CC2)C(=O)C2CC2)c1. The van der Waals surface area contributed by atoms with Gasteiger partial charge in [0.05, 0.1) is 0 Å². The Labute approximate surface area is 150 Å². The smallest absolute Gasteiger partial charge is 0.225 e. The molecule has 0 atom stereocenters. The molecule has 0 unspecified atom stereocenters. The van der Waals surface area contributed by atoms with Gasteiger partial charge in [-0.25, -0.2) is 0 Å². The molecule has 1 aromatic rings. The van der Waals surface area contributed by atoms with E-state index in [1.54, 1.807) is 0 Å². The van der Waals surface area contributed by atoms with E-state index in [-0.39, 0.29) is 11.8 Å². The fourth-order valence-electron chi connectivity index (χ4n) is 3.11. The van der Waals surface area contributed by atoms with E-state index in [4.69, 9.17) is 0 Å². The molecule has 0 aliphatic heterocycles. The number of hydrogen-bond donors (Lipinski definition) is 1. The van der Waals surface area contributed by atoms with Crippen molar-refractivity contribution in [3.05, 3.63) is 23.8 Å². The molecular weight excluding hydrogens is 314 g/mol. The maximum absolute atomic E-state index is 12.7. The summed E-state index contributed by atoms with van der Waals surface area (Å²) in [5, 5.41) is 2.93. The van der Waals surface area contributed by atoms with Crippen LogP contribution in [0.5, 0.6) is 0 Å². The van der Waals surface area contributed by atoms with Crippen LogP contribution in [0.15, 0.2) is 18.2 Å². The number of amides is 2. The first-order valence-electron chi connectivity index (χ1n) is 9.36. The van der Waals surface area contributed by atoms with Gasteiger partial charge in [0.2, 0.25) is 11.8 Å². The Morgan fingerprint density at radius 2 is 1.88 bits per heavy atom. The Morgan fingerprint density at radius 3 is 2.44 bits per heavy atom. The lowest BCUT2D eigenvalue weighted by molar-refractivity contribution is -0.133. The van der Waals surface area contributed by atoms with Gasteiger partial charge in [0.1, 0.15) is 0 Å². The fraction of sp³-hybridized carbons (Fsp3) is 0.600. The number of nitrogens with zero attached hydrogens (tertiary/aromatic N) is 2. The lowest BCUT2D eigenvalue weighted by Crippen LogP contribution is -2.34. The van der Waals surface area contributed by atoms with Gasteiger partial charge in [-0.05, 0) is 55.4 Å². The zero-order valence-corrected chi connectivity index (χ0v) is 15.5. The third kappa shape index (κ3) is 4.74. The normalized spacial score (nSPS) is 16.4. The van der Waals surface area contributed by atoms with Crippen LogP contribution in [0.1, 0.15) is 44.6 Å². The highest BCUT2D eigenvalue weighted by molar-refractivity contribution is 5.91. The minimum Gasteiger partial charge on any atom is -0.377 e. The maximum atomic E-state index is 12.7. The fourth-order valence-corrected chi connectivity index (χ4v) is 3.11. The number of rotatable bonds is 8. The molecule has 5 nitrogen and oxygen atoms in total. The molecule has 0 radical (unpaired) electrons. The van der Waals surface area contributed by atoms with E-state index in [0.29, 0.717) is 24.8 Å². The number of carbonyl (C=O) groups is 2. The quantitative estimate of drug-likeness (QED) is 0.788. The van der Waals surface area contributed by atoms with Gasteiger partial charge < -0.3 is 15.1 Å². The number of carbonyl (C=O) groups excluding carboxylic acids is 2. The molecule has 2 fully saturated rings. The van der Waals surface area contributed by atoms with Gasteiger partial charge in [0, 0.05) is 50.9 Å². The first-order chi connectivity index (χ1) is 12.0. The van der Waals surface area contributed by atoms with E-state index in [2.05, 4.69) is 10.2 Å². The number of hydrogen-bond acceptors (Lipinski definition) is 3. The lowest BCUT2D eigenvalue weighted by atomic mass is 10.1. The van der Waals surface area contributed by atoms with Crippen LogP contribution in [0.3, 0.4) is 0 Å². The van der Waals surface area contributed by atoms with Crippen LogP contribution in [0.25, 0.3) is 0 Å². The number of nitrogens with one attached hydrogen (secondary N) is 1. The van der Waals surface area contributed by atoms with Gasteiger partial charge in [-0.2, -0.15) is 0 Å². The van der Waals surface area contributed by atoms with Gasteiger partial charge >= 0.3 is 0 Å². The highest BCUT2D eigenvalue weighted by Gasteiger charge is 2.36. The average Bonchev–Trinajstić information content (AvgIpc) is 3.46. The molecule has 136 valence electrons. The summed E-state index contributed by atoms with van der Waals surface area (Å²) in [6, 6.07) is 5.97. The van der Waals surface area contributed by atoms with Crippen molar-refractivity contribution in [2.45, 2.75) is 45.6 Å². The largest absolute Gasteiger partial charge is 0.377 e. The van der Waals surface area contributed by atoms with Crippen molar-refractivity contribution in [2.75, 3.05) is 30.9 Å². The van der Waals surface area contributed by atoms with Crippen molar-refractivity contribution < 1.29 is 9.59 Å². The third-order valence-corrected chi connectivity index (χ3v) is 4.94. The van der Waals surface area contributed by atoms with Crippen LogP contribution in [0.4, 0.5) is 11.4 Å². The van der Waals surface area contributed by atoms with Crippen molar-refractivity contribution in [3.63, 3.8) is 0 Å². The predicted octanol–water partition coefficient (Wildman–Crippen LogP) is 3.25. The molecule has 0 bridgehead atoms. The van der Waals surface area contributed by atoms with E-state index in [0.717, 1.165) is 36.3 Å². The summed E-state index contributed by atoms with van der Waals surface area (Å²) in [5.74, 6) is 1.23. The zero-order valence-electron chi connectivity index (χ0n) is 15.5. The average molecular weight is 343 g/mol. The minimum absolute atomic E-state index is 0.00689. The topological polar surface area (TPSA) is 52.7 Å². The summed E-state index contributed by atoms with van der Waals surface area (Å²) >= 11 is 0. The Morgan fingerprint density at radius 1 is 1.16 bits per heavy atom. The van der Waals surface area contributed by atoms with Gasteiger partial charge in [-0.15, -0.1) is 0 Å². The van der Waals surface area contributed by atoms with Crippen LogP contribution in [0, 0.1) is 11.8 Å². The summed E-state index contributed by atoms with van der Waals surface area (Å²) in [5.41, 5.74) is 2.99. The second kappa shape index (κ2) is 7.46. The van der Waals surface area contributed by atoms with Crippen LogP contribution < -0.4 is 10.2 Å². The van der Waals surface area contributed by atoms with E-state index >= 15 is 0 Å². The Balaban J connectivity index is 1.81. The van der Waals surface area contributed by atoms with Crippen LogP contribution >= 0.6 is 0 Å². The van der Waals surface area contributed by atoms with Crippen LogP contribution in [0.2, 0.25) is 0 Å². The molecule has 2 aliphatic carbocycles. The van der Waals surface area contributed by atoms with E-state index < -0.39 is 0 Å². The summed E-state index contributed by atoms with van der Waals surface area (Å²) in [6.07, 6.45) is 5.00. The van der Waals surface area contributed by atoms with Crippen molar-refractivity contribution in [1.82, 2.24) is 4.90 Å². The number of benzene rings is 1. The maximum Gasteiger partial charge on any atom is 0.225 e. The second-order valence-corrected chi connectivity index (χ2v) is 7.58. The molecular formula is C20H29N3O2. The Bertz CT molecular complexity index is 648. The van der Waals surface area contributed by atoms with Crippen molar-refractivity contribution >= 4 is 23.2 Å². The molecule has 1 aromatic carbocycles. The summed E-state index contributed by atoms with van der Waals surface area (Å²) in [7, 11) is 4.02. The van der Waals surface area contributed by atoms with Gasteiger partial charge in [-0.1, -0.05) is 6.92 Å². The third-order valence-electron chi connectivity index (χ3n) is 4.94. The van der Waals surface area contributed by atoms with E-state index in [1.165, 1.54) is 12.8 Å². The van der Waals surface area contributed by atoms with Crippen LogP contribution in [-0.2, 0) is 16.1 Å². The van der Waals surface area contributed by atoms with Gasteiger partial charge in [0.25, 0.3) is 0 Å². The van der Waals surface area contributed by atoms with Gasteiger partial charge in [-0.3, -0.25) is 9.59 Å². The summed E-state index contributed by atoms with van der Waals surface area (Å²) in [6.45, 7) is 3.33. The van der Waals surface area contributed by atoms with Crippen molar-refractivity contribution in [2.24, 2.45) is 11.8 Å². The lowest BCUT2D eigenvalue weighted by Gasteiger charge is -2.26. The summed E-state index contributed by atoms with van der Waals surface area (Å²) in [4.78, 5) is 28.5. The van der Waals surface area contributed by atoms with E-state index in [9.17, 15) is 9.59 Å². The second-order valence-electron chi connectivity index (χ2n) is 7.58. The number of anilines is 2. The molecule has 3 rings (SSSR count). The molecule has 0 saturated heterocycles. The standard InChI is InChI=1S/C20H29N3O2/c1-4-19(24)21-17-9-10-18(22(2)3)16(11-17)13-23(12-14-5-6-14)20(25)15-7-8-15/h9-11,14-15H,4-8,12-13H2,1-3H3,(H,21,24). The zero-order chi connectivity index (χ0) is 18.0. The first kappa shape index (κ1) is 17.8. The van der Waals surface area contributed by atoms with Crippen LogP contribution in [-0.4, -0.2) is 37.4 Å². The molecule has 2 amide bonds. The highest BCUT2D eigenvalue weighted by Crippen LogP contribution is 2.36. The molecule has 25 heavy (non-hydrogen) atoms. The Kier molecular flexibility index (Phi) is 5.30. The Hall–Kier alpha value is -2.04. The molecule has 1 N–H and O–H groups in total. The first-order valence-corrected chi connectivity index (χ1v) is 9.36. The molecule has 2 aliphatic rings. The predicted molar refractivity (Wildman–Crippen MR) is 101 cm³/mol. The highest BCUT2D eigenvalue weighted by atomic mass is 16.2. The molecule has 2 saturated carbocycles. The van der Waals surface area contributed by atoms with E-state index in [1.807, 2.05) is 44.1 Å².